The summed E-state index contributed by atoms with van der Waals surface area (Å²) in [4.78, 5) is 11.8. The number of para-hydroxylation sites is 2. The van der Waals surface area contributed by atoms with Crippen molar-refractivity contribution in [3.8, 4) is 5.75 Å². The molecular weight excluding hydrogens is 294 g/mol. The van der Waals surface area contributed by atoms with Crippen molar-refractivity contribution in [2.45, 2.75) is 38.4 Å². The predicted molar refractivity (Wildman–Crippen MR) is 78.1 cm³/mol. The van der Waals surface area contributed by atoms with Crippen molar-refractivity contribution >= 4 is 11.7 Å². The van der Waals surface area contributed by atoms with Crippen LogP contribution >= 0.6 is 0 Å². The van der Waals surface area contributed by atoms with Crippen LogP contribution in [-0.2, 0) is 0 Å². The summed E-state index contributed by atoms with van der Waals surface area (Å²) in [6, 6.07) is 5.53. The molecular formula is C15H20F2N2O3. The van der Waals surface area contributed by atoms with Crippen LogP contribution in [0.1, 0.15) is 25.7 Å². The quantitative estimate of drug-likeness (QED) is 0.782. The first-order valence-corrected chi connectivity index (χ1v) is 7.31. The highest BCUT2D eigenvalue weighted by atomic mass is 19.3. The Labute approximate surface area is 127 Å². The maximum absolute atomic E-state index is 12.3. The van der Waals surface area contributed by atoms with E-state index in [0.29, 0.717) is 13.0 Å². The minimum absolute atomic E-state index is 0.0826. The number of aliphatic hydroxyl groups is 1. The van der Waals surface area contributed by atoms with Crippen molar-refractivity contribution in [2.75, 3.05) is 11.9 Å². The SMILES string of the molecule is O=C(NCC1CCCC(O)C1)Nc1ccccc1OC(F)F. The third kappa shape index (κ3) is 5.14. The Morgan fingerprint density at radius 2 is 2.14 bits per heavy atom. The van der Waals surface area contributed by atoms with Gasteiger partial charge in [-0.05, 0) is 37.3 Å². The molecule has 0 heterocycles. The zero-order valence-corrected chi connectivity index (χ0v) is 12.1. The maximum atomic E-state index is 12.3. The minimum Gasteiger partial charge on any atom is -0.433 e. The van der Waals surface area contributed by atoms with E-state index < -0.39 is 12.6 Å². The lowest BCUT2D eigenvalue weighted by atomic mass is 9.87. The number of carbonyl (C=O) groups excluding carboxylic acids is 1. The van der Waals surface area contributed by atoms with E-state index in [-0.39, 0.29) is 23.5 Å². The van der Waals surface area contributed by atoms with Crippen LogP contribution in [0.5, 0.6) is 5.75 Å². The van der Waals surface area contributed by atoms with Gasteiger partial charge in [0.25, 0.3) is 0 Å². The molecule has 1 aliphatic carbocycles. The number of carbonyl (C=O) groups is 1. The number of benzene rings is 1. The first-order valence-electron chi connectivity index (χ1n) is 7.31. The summed E-state index contributed by atoms with van der Waals surface area (Å²) in [5.74, 6) is 0.155. The molecule has 5 nitrogen and oxygen atoms in total. The number of ether oxygens (including phenoxy) is 1. The monoisotopic (exact) mass is 314 g/mol. The largest absolute Gasteiger partial charge is 0.433 e. The van der Waals surface area contributed by atoms with Crippen LogP contribution in [0.25, 0.3) is 0 Å². The van der Waals surface area contributed by atoms with Gasteiger partial charge in [-0.1, -0.05) is 18.6 Å². The molecule has 22 heavy (non-hydrogen) atoms. The summed E-state index contributed by atoms with van der Waals surface area (Å²) in [5.41, 5.74) is 0.184. The molecule has 1 aromatic rings. The predicted octanol–water partition coefficient (Wildman–Crippen LogP) is 2.96. The number of rotatable bonds is 5. The Kier molecular flexibility index (Phi) is 5.94. The number of amides is 2. The summed E-state index contributed by atoms with van der Waals surface area (Å²) in [6.07, 6.45) is 3.08. The molecule has 122 valence electrons. The van der Waals surface area contributed by atoms with Crippen molar-refractivity contribution in [1.82, 2.24) is 5.32 Å². The van der Waals surface area contributed by atoms with Crippen LogP contribution in [0.3, 0.4) is 0 Å². The van der Waals surface area contributed by atoms with Crippen molar-refractivity contribution in [3.05, 3.63) is 24.3 Å². The van der Waals surface area contributed by atoms with Crippen molar-refractivity contribution in [1.29, 1.82) is 0 Å². The highest BCUT2D eigenvalue weighted by Crippen LogP contribution is 2.26. The van der Waals surface area contributed by atoms with E-state index in [9.17, 15) is 18.7 Å². The number of alkyl halides is 2. The fourth-order valence-corrected chi connectivity index (χ4v) is 2.62. The average Bonchev–Trinajstić information content (AvgIpc) is 2.47. The Balaban J connectivity index is 1.84. The van der Waals surface area contributed by atoms with Gasteiger partial charge in [-0.25, -0.2) is 4.79 Å². The first-order chi connectivity index (χ1) is 10.5. The number of urea groups is 1. The van der Waals surface area contributed by atoms with Crippen LogP contribution in [0.4, 0.5) is 19.3 Å². The second kappa shape index (κ2) is 7.93. The maximum Gasteiger partial charge on any atom is 0.387 e. The van der Waals surface area contributed by atoms with Crippen LogP contribution < -0.4 is 15.4 Å². The molecule has 2 amide bonds. The van der Waals surface area contributed by atoms with Crippen molar-refractivity contribution < 1.29 is 23.4 Å². The molecule has 1 saturated carbocycles. The number of hydrogen-bond donors (Lipinski definition) is 3. The van der Waals surface area contributed by atoms with Crippen molar-refractivity contribution in [2.24, 2.45) is 5.92 Å². The van der Waals surface area contributed by atoms with Gasteiger partial charge in [0.2, 0.25) is 0 Å². The first kappa shape index (κ1) is 16.5. The number of nitrogens with one attached hydrogen (secondary N) is 2. The molecule has 0 aromatic heterocycles. The van der Waals surface area contributed by atoms with Gasteiger partial charge in [0.05, 0.1) is 11.8 Å². The number of hydrogen-bond acceptors (Lipinski definition) is 3. The topological polar surface area (TPSA) is 70.6 Å². The van der Waals surface area contributed by atoms with E-state index >= 15 is 0 Å². The van der Waals surface area contributed by atoms with Gasteiger partial charge < -0.3 is 20.5 Å². The lowest BCUT2D eigenvalue weighted by Gasteiger charge is -2.25. The van der Waals surface area contributed by atoms with Gasteiger partial charge in [0.1, 0.15) is 5.75 Å². The van der Waals surface area contributed by atoms with E-state index in [1.807, 2.05) is 0 Å². The lowest BCUT2D eigenvalue weighted by Crippen LogP contribution is -2.35. The summed E-state index contributed by atoms with van der Waals surface area (Å²) in [7, 11) is 0. The zero-order valence-electron chi connectivity index (χ0n) is 12.1. The summed E-state index contributed by atoms with van der Waals surface area (Å²) in [5, 5.41) is 14.8. The fourth-order valence-electron chi connectivity index (χ4n) is 2.62. The van der Waals surface area contributed by atoms with E-state index in [1.165, 1.54) is 12.1 Å². The molecule has 0 aliphatic heterocycles. The molecule has 2 atom stereocenters. The Morgan fingerprint density at radius 1 is 1.36 bits per heavy atom. The van der Waals surface area contributed by atoms with E-state index in [2.05, 4.69) is 15.4 Å². The molecule has 1 aliphatic rings. The van der Waals surface area contributed by atoms with E-state index in [1.54, 1.807) is 12.1 Å². The van der Waals surface area contributed by atoms with Gasteiger partial charge in [-0.15, -0.1) is 0 Å². The third-order valence-electron chi connectivity index (χ3n) is 3.66. The van der Waals surface area contributed by atoms with Gasteiger partial charge in [0.15, 0.2) is 0 Å². The lowest BCUT2D eigenvalue weighted by molar-refractivity contribution is -0.0493. The Bertz CT molecular complexity index is 499. The minimum atomic E-state index is -2.95. The van der Waals surface area contributed by atoms with E-state index in [4.69, 9.17) is 0 Å². The normalized spacial score (nSPS) is 21.5. The summed E-state index contributed by atoms with van der Waals surface area (Å²) < 4.78 is 28.9. The van der Waals surface area contributed by atoms with Crippen LogP contribution in [0, 0.1) is 5.92 Å². The third-order valence-corrected chi connectivity index (χ3v) is 3.66. The van der Waals surface area contributed by atoms with Crippen molar-refractivity contribution in [3.63, 3.8) is 0 Å². The molecule has 0 saturated heterocycles. The van der Waals surface area contributed by atoms with Gasteiger partial charge >= 0.3 is 12.6 Å². The standard InChI is InChI=1S/C15H20F2N2O3/c16-14(17)22-13-7-2-1-6-12(13)19-15(21)18-9-10-4-3-5-11(20)8-10/h1-2,6-7,10-11,14,20H,3-5,8-9H2,(H2,18,19,21). The van der Waals surface area contributed by atoms with Crippen LogP contribution in [0.15, 0.2) is 24.3 Å². The summed E-state index contributed by atoms with van der Waals surface area (Å²) in [6.45, 7) is -2.50. The molecule has 2 rings (SSSR count). The Morgan fingerprint density at radius 3 is 2.86 bits per heavy atom. The van der Waals surface area contributed by atoms with E-state index in [0.717, 1.165) is 19.3 Å². The molecule has 3 N–H and O–H groups in total. The van der Waals surface area contributed by atoms with Crippen LogP contribution in [0.2, 0.25) is 0 Å². The fraction of sp³-hybridized carbons (Fsp3) is 0.533. The van der Waals surface area contributed by atoms with Crippen LogP contribution in [-0.4, -0.2) is 30.4 Å². The Hall–Kier alpha value is -1.89. The number of halogens is 2. The highest BCUT2D eigenvalue weighted by Gasteiger charge is 2.20. The van der Waals surface area contributed by atoms with Gasteiger partial charge in [-0.2, -0.15) is 8.78 Å². The molecule has 0 radical (unpaired) electrons. The second-order valence-corrected chi connectivity index (χ2v) is 5.40. The molecule has 1 fully saturated rings. The molecule has 2 unspecified atom stereocenters. The molecule has 0 bridgehead atoms. The van der Waals surface area contributed by atoms with Gasteiger partial charge in [0, 0.05) is 6.54 Å². The highest BCUT2D eigenvalue weighted by molar-refractivity contribution is 5.90. The molecule has 0 spiro atoms. The zero-order chi connectivity index (χ0) is 15.9. The smallest absolute Gasteiger partial charge is 0.387 e. The number of aliphatic hydroxyl groups excluding tert-OH is 1. The molecule has 1 aromatic carbocycles. The molecule has 7 heteroatoms. The second-order valence-electron chi connectivity index (χ2n) is 5.40. The average molecular weight is 314 g/mol. The summed E-state index contributed by atoms with van der Waals surface area (Å²) >= 11 is 0. The van der Waals surface area contributed by atoms with Gasteiger partial charge in [-0.3, -0.25) is 0 Å². The number of anilines is 1.